The van der Waals surface area contributed by atoms with Crippen LogP contribution in [0.2, 0.25) is 5.02 Å². The van der Waals surface area contributed by atoms with Crippen molar-refractivity contribution in [3.8, 4) is 17.1 Å². The zero-order valence-corrected chi connectivity index (χ0v) is 12.5. The Kier molecular flexibility index (Phi) is 3.35. The summed E-state index contributed by atoms with van der Waals surface area (Å²) < 4.78 is 1.71. The molecule has 0 spiro atoms. The molecule has 1 aromatic heterocycles. The Labute approximate surface area is 127 Å². The molecule has 106 valence electrons. The van der Waals surface area contributed by atoms with Crippen molar-refractivity contribution in [3.05, 3.63) is 52.5 Å². The normalized spacial score (nSPS) is 10.8. The Bertz CT molecular complexity index is 810. The third-order valence-electron chi connectivity index (χ3n) is 3.32. The lowest BCUT2D eigenvalue weighted by Crippen LogP contribution is -2.03. The third kappa shape index (κ3) is 2.48. The first-order chi connectivity index (χ1) is 10.1. The topological polar surface area (TPSA) is 69.6 Å². The van der Waals surface area contributed by atoms with Gasteiger partial charge in [-0.3, -0.25) is 0 Å². The highest BCUT2D eigenvalue weighted by Crippen LogP contribution is 2.27. The molecule has 0 bridgehead atoms. The van der Waals surface area contributed by atoms with Gasteiger partial charge in [-0.2, -0.15) is 4.68 Å². The molecule has 0 aliphatic heterocycles. The van der Waals surface area contributed by atoms with E-state index in [9.17, 15) is 0 Å². The van der Waals surface area contributed by atoms with E-state index in [1.165, 1.54) is 0 Å². The molecule has 0 saturated carbocycles. The molecule has 0 unspecified atom stereocenters. The molecular formula is C15H14ClN5. The van der Waals surface area contributed by atoms with Crippen LogP contribution in [0.5, 0.6) is 0 Å². The number of nitrogen functional groups attached to an aromatic ring is 1. The van der Waals surface area contributed by atoms with E-state index in [2.05, 4.69) is 27.7 Å². The number of anilines is 1. The summed E-state index contributed by atoms with van der Waals surface area (Å²) in [6, 6.07) is 11.5. The summed E-state index contributed by atoms with van der Waals surface area (Å²) >= 11 is 5.96. The van der Waals surface area contributed by atoms with Crippen LogP contribution in [0.1, 0.15) is 11.1 Å². The second-order valence-electron chi connectivity index (χ2n) is 4.94. The number of nitrogens with zero attached hydrogens (tertiary/aromatic N) is 4. The SMILES string of the molecule is Cc1ccc(C)c(-n2nnnc2-c2ccc(Cl)c(N)c2)c1. The monoisotopic (exact) mass is 299 g/mol. The zero-order chi connectivity index (χ0) is 15.0. The van der Waals surface area contributed by atoms with Crippen molar-refractivity contribution in [2.75, 3.05) is 5.73 Å². The maximum atomic E-state index is 5.96. The quantitative estimate of drug-likeness (QED) is 0.738. The molecule has 0 amide bonds. The Morgan fingerprint density at radius 1 is 1.10 bits per heavy atom. The van der Waals surface area contributed by atoms with Gasteiger partial charge in [0, 0.05) is 5.56 Å². The molecule has 3 rings (SSSR count). The van der Waals surface area contributed by atoms with E-state index >= 15 is 0 Å². The summed E-state index contributed by atoms with van der Waals surface area (Å²) in [6.07, 6.45) is 0. The predicted molar refractivity (Wildman–Crippen MR) is 83.5 cm³/mol. The van der Waals surface area contributed by atoms with Gasteiger partial charge in [-0.1, -0.05) is 23.7 Å². The first-order valence-electron chi connectivity index (χ1n) is 6.47. The van der Waals surface area contributed by atoms with Crippen molar-refractivity contribution in [3.63, 3.8) is 0 Å². The van der Waals surface area contributed by atoms with E-state index in [1.807, 2.05) is 26.0 Å². The average molecular weight is 300 g/mol. The van der Waals surface area contributed by atoms with Gasteiger partial charge >= 0.3 is 0 Å². The molecule has 21 heavy (non-hydrogen) atoms. The van der Waals surface area contributed by atoms with Crippen molar-refractivity contribution in [1.82, 2.24) is 20.2 Å². The van der Waals surface area contributed by atoms with Crippen LogP contribution in [0.25, 0.3) is 17.1 Å². The largest absolute Gasteiger partial charge is 0.398 e. The van der Waals surface area contributed by atoms with Crippen LogP contribution in [0.4, 0.5) is 5.69 Å². The molecular weight excluding hydrogens is 286 g/mol. The molecule has 2 N–H and O–H groups in total. The van der Waals surface area contributed by atoms with Gasteiger partial charge in [-0.15, -0.1) is 5.10 Å². The van der Waals surface area contributed by atoms with Gasteiger partial charge in [0.15, 0.2) is 5.82 Å². The van der Waals surface area contributed by atoms with Crippen LogP contribution in [0, 0.1) is 13.8 Å². The number of nitrogens with two attached hydrogens (primary N) is 1. The minimum atomic E-state index is 0.504. The summed E-state index contributed by atoms with van der Waals surface area (Å²) in [5.74, 6) is 0.632. The van der Waals surface area contributed by atoms with E-state index < -0.39 is 0 Å². The number of hydrogen-bond acceptors (Lipinski definition) is 4. The molecule has 0 atom stereocenters. The number of tetrazole rings is 1. The maximum Gasteiger partial charge on any atom is 0.187 e. The van der Waals surface area contributed by atoms with Crippen molar-refractivity contribution in [2.24, 2.45) is 0 Å². The lowest BCUT2D eigenvalue weighted by Gasteiger charge is -2.09. The van der Waals surface area contributed by atoms with E-state index in [0.29, 0.717) is 16.5 Å². The highest BCUT2D eigenvalue weighted by atomic mass is 35.5. The van der Waals surface area contributed by atoms with Gasteiger partial charge in [0.05, 0.1) is 16.4 Å². The first-order valence-corrected chi connectivity index (χ1v) is 6.85. The number of aromatic nitrogens is 4. The molecule has 2 aromatic carbocycles. The average Bonchev–Trinajstić information content (AvgIpc) is 2.93. The van der Waals surface area contributed by atoms with Gasteiger partial charge in [0.2, 0.25) is 0 Å². The fourth-order valence-electron chi connectivity index (χ4n) is 2.16. The molecule has 0 radical (unpaired) electrons. The summed E-state index contributed by atoms with van der Waals surface area (Å²) in [5.41, 5.74) is 10.4. The van der Waals surface area contributed by atoms with Crippen LogP contribution in [0.15, 0.2) is 36.4 Å². The molecule has 3 aromatic rings. The fraction of sp³-hybridized carbons (Fsp3) is 0.133. The molecule has 0 saturated heterocycles. The van der Waals surface area contributed by atoms with Crippen molar-refractivity contribution in [2.45, 2.75) is 13.8 Å². The van der Waals surface area contributed by atoms with Gasteiger partial charge in [-0.05, 0) is 59.7 Å². The van der Waals surface area contributed by atoms with E-state index in [-0.39, 0.29) is 0 Å². The summed E-state index contributed by atoms with van der Waals surface area (Å²) in [6.45, 7) is 4.06. The number of aryl methyl sites for hydroxylation is 2. The smallest absolute Gasteiger partial charge is 0.187 e. The van der Waals surface area contributed by atoms with Gasteiger partial charge < -0.3 is 5.73 Å². The van der Waals surface area contributed by atoms with Crippen LogP contribution < -0.4 is 5.73 Å². The Morgan fingerprint density at radius 3 is 2.67 bits per heavy atom. The second kappa shape index (κ2) is 5.18. The first kappa shape index (κ1) is 13.6. The number of benzene rings is 2. The summed E-state index contributed by atoms with van der Waals surface area (Å²) in [7, 11) is 0. The highest BCUT2D eigenvalue weighted by molar-refractivity contribution is 6.33. The molecule has 0 aliphatic carbocycles. The summed E-state index contributed by atoms with van der Waals surface area (Å²) in [5, 5.41) is 12.5. The zero-order valence-electron chi connectivity index (χ0n) is 11.7. The Morgan fingerprint density at radius 2 is 1.90 bits per heavy atom. The number of hydrogen-bond donors (Lipinski definition) is 1. The standard InChI is InChI=1S/C15H14ClN5/c1-9-3-4-10(2)14(7-9)21-15(18-19-20-21)11-5-6-12(16)13(17)8-11/h3-8H,17H2,1-2H3. The minimum absolute atomic E-state index is 0.504. The lowest BCUT2D eigenvalue weighted by atomic mass is 10.1. The Balaban J connectivity index is 2.17. The number of halogens is 1. The van der Waals surface area contributed by atoms with Crippen molar-refractivity contribution >= 4 is 17.3 Å². The third-order valence-corrected chi connectivity index (χ3v) is 3.66. The van der Waals surface area contributed by atoms with Crippen molar-refractivity contribution in [1.29, 1.82) is 0 Å². The van der Waals surface area contributed by atoms with Crippen LogP contribution >= 0.6 is 11.6 Å². The molecule has 0 fully saturated rings. The van der Waals surface area contributed by atoms with E-state index in [4.69, 9.17) is 17.3 Å². The lowest BCUT2D eigenvalue weighted by molar-refractivity contribution is 0.787. The van der Waals surface area contributed by atoms with Crippen LogP contribution in [-0.4, -0.2) is 20.2 Å². The van der Waals surface area contributed by atoms with E-state index in [1.54, 1.807) is 16.8 Å². The van der Waals surface area contributed by atoms with Gasteiger partial charge in [0.25, 0.3) is 0 Å². The minimum Gasteiger partial charge on any atom is -0.398 e. The number of rotatable bonds is 2. The second-order valence-corrected chi connectivity index (χ2v) is 5.35. The predicted octanol–water partition coefficient (Wildman–Crippen LogP) is 3.18. The fourth-order valence-corrected chi connectivity index (χ4v) is 2.28. The van der Waals surface area contributed by atoms with Gasteiger partial charge in [-0.25, -0.2) is 0 Å². The Hall–Kier alpha value is -2.40. The summed E-state index contributed by atoms with van der Waals surface area (Å²) in [4.78, 5) is 0. The molecule has 1 heterocycles. The highest BCUT2D eigenvalue weighted by Gasteiger charge is 2.13. The van der Waals surface area contributed by atoms with Crippen molar-refractivity contribution < 1.29 is 0 Å². The van der Waals surface area contributed by atoms with Crippen LogP contribution in [-0.2, 0) is 0 Å². The maximum absolute atomic E-state index is 5.96. The van der Waals surface area contributed by atoms with Gasteiger partial charge in [0.1, 0.15) is 0 Å². The molecule has 5 nitrogen and oxygen atoms in total. The molecule has 6 heteroatoms. The van der Waals surface area contributed by atoms with E-state index in [0.717, 1.165) is 22.4 Å². The van der Waals surface area contributed by atoms with Crippen LogP contribution in [0.3, 0.4) is 0 Å². The molecule has 0 aliphatic rings.